The molecule has 0 saturated carbocycles. The molecule has 0 aliphatic carbocycles. The molecular formula is C21H17ClFN3O2. The Morgan fingerprint density at radius 3 is 2.68 bits per heavy atom. The van der Waals surface area contributed by atoms with E-state index in [9.17, 15) is 14.0 Å². The maximum absolute atomic E-state index is 13.3. The summed E-state index contributed by atoms with van der Waals surface area (Å²) in [7, 11) is 0. The molecule has 0 fully saturated rings. The van der Waals surface area contributed by atoms with Crippen LogP contribution in [-0.2, 0) is 0 Å². The molecule has 28 heavy (non-hydrogen) atoms. The molecule has 1 aliphatic heterocycles. The van der Waals surface area contributed by atoms with Crippen LogP contribution < -0.4 is 5.32 Å². The van der Waals surface area contributed by atoms with Crippen molar-refractivity contribution in [1.82, 2.24) is 9.88 Å². The first kappa shape index (κ1) is 18.4. The van der Waals surface area contributed by atoms with Crippen LogP contribution in [-0.4, -0.2) is 34.8 Å². The van der Waals surface area contributed by atoms with Crippen LogP contribution in [0, 0.1) is 5.82 Å². The summed E-state index contributed by atoms with van der Waals surface area (Å²) < 4.78 is 13.3. The van der Waals surface area contributed by atoms with Gasteiger partial charge in [0.15, 0.2) is 0 Å². The normalized spacial score (nSPS) is 13.3. The van der Waals surface area contributed by atoms with E-state index >= 15 is 0 Å². The number of carbonyl (C=O) groups excluding carboxylic acids is 2. The van der Waals surface area contributed by atoms with E-state index < -0.39 is 11.7 Å². The van der Waals surface area contributed by atoms with Crippen LogP contribution in [0.3, 0.4) is 0 Å². The van der Waals surface area contributed by atoms with E-state index in [2.05, 4.69) is 10.3 Å². The van der Waals surface area contributed by atoms with Gasteiger partial charge in [0.2, 0.25) is 0 Å². The molecule has 0 bridgehead atoms. The summed E-state index contributed by atoms with van der Waals surface area (Å²) in [5.41, 5.74) is 2.19. The number of imide groups is 1. The fraction of sp³-hybridized carbons (Fsp3) is 0.190. The number of halogens is 2. The van der Waals surface area contributed by atoms with E-state index in [1.54, 1.807) is 6.20 Å². The number of hydrogen-bond donors (Lipinski definition) is 1. The molecule has 4 rings (SSSR count). The van der Waals surface area contributed by atoms with Crippen LogP contribution in [0.5, 0.6) is 0 Å². The quantitative estimate of drug-likeness (QED) is 0.491. The summed E-state index contributed by atoms with van der Waals surface area (Å²) in [6, 6.07) is 11.1. The van der Waals surface area contributed by atoms with E-state index in [0.29, 0.717) is 24.5 Å². The lowest BCUT2D eigenvalue weighted by molar-refractivity contribution is 0.0652. The Morgan fingerprint density at radius 1 is 1.00 bits per heavy atom. The molecule has 7 heteroatoms. The molecule has 0 radical (unpaired) electrons. The number of unbranched alkanes of at least 4 members (excludes halogenated alkanes) is 1. The second kappa shape index (κ2) is 7.56. The maximum atomic E-state index is 13.3. The molecule has 0 spiro atoms. The number of benzene rings is 2. The lowest BCUT2D eigenvalue weighted by Gasteiger charge is -2.14. The Bertz CT molecular complexity index is 1090. The molecule has 1 N–H and O–H groups in total. The fourth-order valence-corrected chi connectivity index (χ4v) is 3.53. The number of pyridine rings is 1. The Balaban J connectivity index is 1.33. The van der Waals surface area contributed by atoms with E-state index in [0.717, 1.165) is 29.1 Å². The lowest BCUT2D eigenvalue weighted by atomic mass is 10.1. The molecule has 2 aromatic carbocycles. The van der Waals surface area contributed by atoms with Crippen molar-refractivity contribution >= 4 is 40.0 Å². The number of rotatable bonds is 6. The molecule has 5 nitrogen and oxygen atoms in total. The van der Waals surface area contributed by atoms with Crippen LogP contribution in [0.15, 0.2) is 48.7 Å². The van der Waals surface area contributed by atoms with Crippen molar-refractivity contribution in [3.63, 3.8) is 0 Å². The molecule has 2 amide bonds. The average molecular weight is 398 g/mol. The van der Waals surface area contributed by atoms with Gasteiger partial charge in [0.25, 0.3) is 11.8 Å². The minimum atomic E-state index is -0.517. The third-order valence-electron chi connectivity index (χ3n) is 4.76. The molecule has 1 aromatic heterocycles. The van der Waals surface area contributed by atoms with Gasteiger partial charge in [0.05, 0.1) is 16.6 Å². The highest BCUT2D eigenvalue weighted by Gasteiger charge is 2.35. The van der Waals surface area contributed by atoms with Crippen LogP contribution >= 0.6 is 11.6 Å². The molecule has 0 unspecified atom stereocenters. The van der Waals surface area contributed by atoms with Crippen molar-refractivity contribution in [2.75, 3.05) is 18.4 Å². The summed E-state index contributed by atoms with van der Waals surface area (Å²) in [5, 5.41) is 4.98. The first-order valence-corrected chi connectivity index (χ1v) is 9.36. The molecule has 3 aromatic rings. The molecule has 142 valence electrons. The zero-order valence-electron chi connectivity index (χ0n) is 14.9. The van der Waals surface area contributed by atoms with Crippen molar-refractivity contribution in [1.29, 1.82) is 0 Å². The Hall–Kier alpha value is -2.99. The largest absolute Gasteiger partial charge is 0.384 e. The summed E-state index contributed by atoms with van der Waals surface area (Å²) in [4.78, 5) is 30.1. The summed E-state index contributed by atoms with van der Waals surface area (Å²) in [5.74, 6) is -1.30. The number of amides is 2. The van der Waals surface area contributed by atoms with Gasteiger partial charge in [0, 0.05) is 35.4 Å². The van der Waals surface area contributed by atoms with Gasteiger partial charge in [-0.2, -0.15) is 0 Å². The van der Waals surface area contributed by atoms with Crippen molar-refractivity contribution in [3.05, 3.63) is 70.6 Å². The summed E-state index contributed by atoms with van der Waals surface area (Å²) in [6.45, 7) is 0.988. The number of nitrogens with one attached hydrogen (secondary N) is 1. The molecule has 1 aliphatic rings. The third-order valence-corrected chi connectivity index (χ3v) is 5.00. The summed E-state index contributed by atoms with van der Waals surface area (Å²) in [6.07, 6.45) is 3.13. The van der Waals surface area contributed by atoms with E-state index in [1.165, 1.54) is 17.0 Å². The second-order valence-electron chi connectivity index (χ2n) is 6.61. The number of anilines is 1. The van der Waals surface area contributed by atoms with E-state index in [1.807, 2.05) is 24.3 Å². The minimum Gasteiger partial charge on any atom is -0.384 e. The van der Waals surface area contributed by atoms with E-state index in [-0.39, 0.29) is 17.0 Å². The first-order chi connectivity index (χ1) is 13.5. The number of fused-ring (bicyclic) bond motifs is 2. The SMILES string of the molecule is O=C1c2ccc(F)cc2C(=O)N1CCCCNc1ccnc2cc(Cl)ccc12. The standard InChI is InChI=1S/C21H17ClFN3O2/c22-13-3-5-16-18(7-9-25-19(16)11-13)24-8-1-2-10-26-20(27)15-6-4-14(23)12-17(15)21(26)28/h3-7,9,11-12H,1-2,8,10H2,(H,24,25). The predicted molar refractivity (Wildman–Crippen MR) is 106 cm³/mol. The van der Waals surface area contributed by atoms with Gasteiger partial charge in [-0.05, 0) is 55.3 Å². The Morgan fingerprint density at radius 2 is 1.82 bits per heavy atom. The predicted octanol–water partition coefficient (Wildman–Crippen LogP) is 4.52. The van der Waals surface area contributed by atoms with E-state index in [4.69, 9.17) is 11.6 Å². The lowest BCUT2D eigenvalue weighted by Crippen LogP contribution is -2.30. The van der Waals surface area contributed by atoms with Gasteiger partial charge in [0.1, 0.15) is 5.82 Å². The highest BCUT2D eigenvalue weighted by Crippen LogP contribution is 2.25. The van der Waals surface area contributed by atoms with Gasteiger partial charge in [-0.25, -0.2) is 4.39 Å². The first-order valence-electron chi connectivity index (χ1n) is 8.98. The van der Waals surface area contributed by atoms with Gasteiger partial charge in [-0.1, -0.05) is 11.6 Å². The maximum Gasteiger partial charge on any atom is 0.261 e. The van der Waals surface area contributed by atoms with Gasteiger partial charge in [-0.3, -0.25) is 19.5 Å². The number of nitrogens with zero attached hydrogens (tertiary/aromatic N) is 2. The van der Waals surface area contributed by atoms with Gasteiger partial charge in [-0.15, -0.1) is 0 Å². The Kier molecular flexibility index (Phi) is 4.96. The Labute approximate surface area is 166 Å². The highest BCUT2D eigenvalue weighted by molar-refractivity contribution is 6.31. The van der Waals surface area contributed by atoms with Crippen molar-refractivity contribution in [3.8, 4) is 0 Å². The zero-order chi connectivity index (χ0) is 19.7. The monoisotopic (exact) mass is 397 g/mol. The van der Waals surface area contributed by atoms with Crippen molar-refractivity contribution < 1.29 is 14.0 Å². The van der Waals surface area contributed by atoms with Crippen molar-refractivity contribution in [2.24, 2.45) is 0 Å². The molecule has 0 atom stereocenters. The molecule has 0 saturated heterocycles. The number of aromatic nitrogens is 1. The average Bonchev–Trinajstić information content (AvgIpc) is 2.91. The van der Waals surface area contributed by atoms with Crippen LogP contribution in [0.2, 0.25) is 5.02 Å². The van der Waals surface area contributed by atoms with Crippen molar-refractivity contribution in [2.45, 2.75) is 12.8 Å². The van der Waals surface area contributed by atoms with Gasteiger partial charge >= 0.3 is 0 Å². The smallest absolute Gasteiger partial charge is 0.261 e. The third kappa shape index (κ3) is 3.43. The topological polar surface area (TPSA) is 62.3 Å². The fourth-order valence-electron chi connectivity index (χ4n) is 3.36. The minimum absolute atomic E-state index is 0.144. The van der Waals surface area contributed by atoms with Gasteiger partial charge < -0.3 is 5.32 Å². The van der Waals surface area contributed by atoms with Crippen LogP contribution in [0.4, 0.5) is 10.1 Å². The highest BCUT2D eigenvalue weighted by atomic mass is 35.5. The van der Waals surface area contributed by atoms with Crippen LogP contribution in [0.1, 0.15) is 33.6 Å². The summed E-state index contributed by atoms with van der Waals surface area (Å²) >= 11 is 6.00. The molecular weight excluding hydrogens is 381 g/mol. The second-order valence-corrected chi connectivity index (χ2v) is 7.04. The number of hydrogen-bond acceptors (Lipinski definition) is 4. The zero-order valence-corrected chi connectivity index (χ0v) is 15.7. The number of carbonyl (C=O) groups is 2. The van der Waals surface area contributed by atoms with Crippen LogP contribution in [0.25, 0.3) is 10.9 Å². The molecule has 2 heterocycles.